The lowest BCUT2D eigenvalue weighted by Gasteiger charge is -2.32. The van der Waals surface area contributed by atoms with Crippen molar-refractivity contribution >= 4 is 17.5 Å². The number of rotatable bonds is 7. The van der Waals surface area contributed by atoms with Crippen molar-refractivity contribution < 1.29 is 9.53 Å². The van der Waals surface area contributed by atoms with Crippen molar-refractivity contribution in [1.82, 2.24) is 10.2 Å². The van der Waals surface area contributed by atoms with Gasteiger partial charge >= 0.3 is 0 Å². The van der Waals surface area contributed by atoms with Crippen LogP contribution in [-0.4, -0.2) is 44.1 Å². The normalized spacial score (nSPS) is 15.8. The summed E-state index contributed by atoms with van der Waals surface area (Å²) >= 11 is 6.02. The van der Waals surface area contributed by atoms with Crippen molar-refractivity contribution in [3.05, 3.63) is 29.3 Å². The van der Waals surface area contributed by atoms with Crippen molar-refractivity contribution in [1.29, 1.82) is 0 Å². The molecule has 122 valence electrons. The van der Waals surface area contributed by atoms with Crippen molar-refractivity contribution in [2.24, 2.45) is 5.92 Å². The molecule has 0 atom stereocenters. The van der Waals surface area contributed by atoms with Gasteiger partial charge in [-0.1, -0.05) is 23.7 Å². The quantitative estimate of drug-likeness (QED) is 0.838. The zero-order valence-corrected chi connectivity index (χ0v) is 13.9. The summed E-state index contributed by atoms with van der Waals surface area (Å²) in [7, 11) is 1.98. The fourth-order valence-corrected chi connectivity index (χ4v) is 2.98. The predicted molar refractivity (Wildman–Crippen MR) is 89.4 cm³/mol. The van der Waals surface area contributed by atoms with Gasteiger partial charge in [0.1, 0.15) is 5.75 Å². The van der Waals surface area contributed by atoms with Crippen LogP contribution in [0.4, 0.5) is 0 Å². The van der Waals surface area contributed by atoms with E-state index in [1.807, 2.05) is 30.1 Å². The van der Waals surface area contributed by atoms with Crippen LogP contribution in [0.15, 0.2) is 24.3 Å². The number of carbonyl (C=O) groups excluding carboxylic acids is 1. The van der Waals surface area contributed by atoms with E-state index in [0.717, 1.165) is 38.4 Å². The average Bonchev–Trinajstić information content (AvgIpc) is 2.55. The van der Waals surface area contributed by atoms with E-state index in [1.54, 1.807) is 6.07 Å². The van der Waals surface area contributed by atoms with Crippen LogP contribution in [0.3, 0.4) is 0 Å². The lowest BCUT2D eigenvalue weighted by atomic mass is 9.93. The monoisotopic (exact) mass is 324 g/mol. The minimum atomic E-state index is 0.180. The molecule has 1 aromatic rings. The Balaban J connectivity index is 1.67. The summed E-state index contributed by atoms with van der Waals surface area (Å²) in [6.45, 7) is 3.19. The standard InChI is InChI=1S/C17H25ClN2O2/c1-19-10-6-14-7-11-20(12-8-14)17(21)9-13-22-16-5-3-2-4-15(16)18/h2-5,14,19H,6-13H2,1H3. The maximum absolute atomic E-state index is 12.2. The number of para-hydroxylation sites is 1. The fraction of sp³-hybridized carbons (Fsp3) is 0.588. The van der Waals surface area contributed by atoms with Gasteiger partial charge in [-0.15, -0.1) is 0 Å². The van der Waals surface area contributed by atoms with Crippen LogP contribution in [0.5, 0.6) is 5.75 Å². The molecule has 0 aromatic heterocycles. The van der Waals surface area contributed by atoms with Gasteiger partial charge in [0, 0.05) is 13.1 Å². The Morgan fingerprint density at radius 1 is 1.36 bits per heavy atom. The van der Waals surface area contributed by atoms with Crippen LogP contribution >= 0.6 is 11.6 Å². The molecule has 1 aliphatic rings. The van der Waals surface area contributed by atoms with Crippen LogP contribution in [0.2, 0.25) is 5.02 Å². The Labute approximate surface area is 137 Å². The first kappa shape index (κ1) is 17.1. The van der Waals surface area contributed by atoms with Crippen molar-refractivity contribution in [3.63, 3.8) is 0 Å². The predicted octanol–water partition coefficient (Wildman–Crippen LogP) is 2.96. The van der Waals surface area contributed by atoms with E-state index < -0.39 is 0 Å². The second-order valence-corrected chi connectivity index (χ2v) is 6.15. The summed E-state index contributed by atoms with van der Waals surface area (Å²) in [4.78, 5) is 14.2. The van der Waals surface area contributed by atoms with Gasteiger partial charge in [0.05, 0.1) is 18.1 Å². The summed E-state index contributed by atoms with van der Waals surface area (Å²) in [6, 6.07) is 7.34. The highest BCUT2D eigenvalue weighted by Gasteiger charge is 2.22. The number of benzene rings is 1. The number of hydrogen-bond donors (Lipinski definition) is 1. The van der Waals surface area contributed by atoms with E-state index in [9.17, 15) is 4.79 Å². The third-order valence-corrected chi connectivity index (χ3v) is 4.49. The number of hydrogen-bond acceptors (Lipinski definition) is 3. The molecule has 0 aliphatic carbocycles. The van der Waals surface area contributed by atoms with E-state index in [0.29, 0.717) is 23.8 Å². The largest absolute Gasteiger partial charge is 0.491 e. The number of ether oxygens (including phenoxy) is 1. The third kappa shape index (κ3) is 5.18. The molecule has 1 fully saturated rings. The SMILES string of the molecule is CNCCC1CCN(C(=O)CCOc2ccccc2Cl)CC1. The minimum Gasteiger partial charge on any atom is -0.491 e. The molecule has 0 radical (unpaired) electrons. The molecule has 1 N–H and O–H groups in total. The highest BCUT2D eigenvalue weighted by atomic mass is 35.5. The van der Waals surface area contributed by atoms with Crippen LogP contribution in [0, 0.1) is 5.92 Å². The zero-order valence-electron chi connectivity index (χ0n) is 13.2. The number of nitrogens with zero attached hydrogens (tertiary/aromatic N) is 1. The van der Waals surface area contributed by atoms with E-state index in [4.69, 9.17) is 16.3 Å². The van der Waals surface area contributed by atoms with Crippen LogP contribution in [-0.2, 0) is 4.79 Å². The molecule has 22 heavy (non-hydrogen) atoms. The molecule has 0 spiro atoms. The maximum Gasteiger partial charge on any atom is 0.225 e. The maximum atomic E-state index is 12.2. The summed E-state index contributed by atoms with van der Waals surface area (Å²) in [5.74, 6) is 1.57. The molecule has 0 unspecified atom stereocenters. The van der Waals surface area contributed by atoms with Gasteiger partial charge in [0.2, 0.25) is 5.91 Å². The number of amides is 1. The number of halogens is 1. The van der Waals surface area contributed by atoms with Gasteiger partial charge in [-0.25, -0.2) is 0 Å². The second-order valence-electron chi connectivity index (χ2n) is 5.75. The van der Waals surface area contributed by atoms with Crippen LogP contribution in [0.1, 0.15) is 25.7 Å². The molecule has 4 nitrogen and oxygen atoms in total. The van der Waals surface area contributed by atoms with E-state index >= 15 is 0 Å². The molecule has 5 heteroatoms. The summed E-state index contributed by atoms with van der Waals surface area (Å²) in [5, 5.41) is 3.77. The van der Waals surface area contributed by atoms with Gasteiger partial charge in [-0.2, -0.15) is 0 Å². The van der Waals surface area contributed by atoms with E-state index in [2.05, 4.69) is 5.32 Å². The van der Waals surface area contributed by atoms with Gasteiger partial charge in [-0.3, -0.25) is 4.79 Å². The first-order valence-corrected chi connectivity index (χ1v) is 8.38. The molecule has 0 bridgehead atoms. The zero-order chi connectivity index (χ0) is 15.8. The Kier molecular flexibility index (Phi) is 7.00. The Bertz CT molecular complexity index is 473. The van der Waals surface area contributed by atoms with Gasteiger partial charge in [-0.05, 0) is 50.9 Å². The molecule has 2 rings (SSSR count). The number of nitrogens with one attached hydrogen (secondary N) is 1. The number of carbonyl (C=O) groups is 1. The molecule has 0 saturated carbocycles. The van der Waals surface area contributed by atoms with Crippen molar-refractivity contribution in [2.75, 3.05) is 33.3 Å². The fourth-order valence-electron chi connectivity index (χ4n) is 2.79. The molecule has 1 heterocycles. The summed E-state index contributed by atoms with van der Waals surface area (Å²) in [5.41, 5.74) is 0. The molecular weight excluding hydrogens is 300 g/mol. The first-order valence-electron chi connectivity index (χ1n) is 8.00. The van der Waals surface area contributed by atoms with E-state index in [-0.39, 0.29) is 5.91 Å². The number of likely N-dealkylation sites (tertiary alicyclic amines) is 1. The average molecular weight is 325 g/mol. The Morgan fingerprint density at radius 3 is 2.77 bits per heavy atom. The highest BCUT2D eigenvalue weighted by Crippen LogP contribution is 2.23. The molecule has 1 aliphatic heterocycles. The van der Waals surface area contributed by atoms with Gasteiger partial charge < -0.3 is 15.0 Å². The Hall–Kier alpha value is -1.26. The molecule has 1 amide bonds. The summed E-state index contributed by atoms with van der Waals surface area (Å²) in [6.07, 6.45) is 3.83. The third-order valence-electron chi connectivity index (χ3n) is 4.18. The molecular formula is C17H25ClN2O2. The second kappa shape index (κ2) is 9.01. The van der Waals surface area contributed by atoms with Crippen LogP contribution in [0.25, 0.3) is 0 Å². The van der Waals surface area contributed by atoms with Gasteiger partial charge in [0.25, 0.3) is 0 Å². The topological polar surface area (TPSA) is 41.6 Å². The van der Waals surface area contributed by atoms with Crippen LogP contribution < -0.4 is 10.1 Å². The van der Waals surface area contributed by atoms with Crippen molar-refractivity contribution in [2.45, 2.75) is 25.7 Å². The van der Waals surface area contributed by atoms with Gasteiger partial charge in [0.15, 0.2) is 0 Å². The van der Waals surface area contributed by atoms with Crippen molar-refractivity contribution in [3.8, 4) is 5.75 Å². The van der Waals surface area contributed by atoms with E-state index in [1.165, 1.54) is 6.42 Å². The number of piperidine rings is 1. The first-order chi connectivity index (χ1) is 10.7. The summed E-state index contributed by atoms with van der Waals surface area (Å²) < 4.78 is 5.58. The Morgan fingerprint density at radius 2 is 2.09 bits per heavy atom. The minimum absolute atomic E-state index is 0.180. The molecule has 1 saturated heterocycles. The lowest BCUT2D eigenvalue weighted by molar-refractivity contribution is -0.133. The lowest BCUT2D eigenvalue weighted by Crippen LogP contribution is -2.39. The molecule has 1 aromatic carbocycles. The smallest absolute Gasteiger partial charge is 0.225 e. The highest BCUT2D eigenvalue weighted by molar-refractivity contribution is 6.32.